The number of ether oxygens (including phenoxy) is 2. The molecule has 0 saturated heterocycles. The predicted octanol–water partition coefficient (Wildman–Crippen LogP) is 1.67. The summed E-state index contributed by atoms with van der Waals surface area (Å²) in [5.74, 6) is -2.36. The van der Waals surface area contributed by atoms with Gasteiger partial charge in [-0.25, -0.2) is 8.78 Å². The zero-order valence-electron chi connectivity index (χ0n) is 12.2. The molecule has 0 fully saturated rings. The second-order valence-corrected chi connectivity index (χ2v) is 4.48. The van der Waals surface area contributed by atoms with E-state index in [0.29, 0.717) is 32.7 Å². The van der Waals surface area contributed by atoms with Crippen molar-refractivity contribution >= 4 is 11.6 Å². The normalized spacial score (nSPS) is 10.7. The molecule has 1 aromatic rings. The zero-order chi connectivity index (χ0) is 15.8. The van der Waals surface area contributed by atoms with Crippen molar-refractivity contribution in [2.24, 2.45) is 0 Å². The smallest absolute Gasteiger partial charge is 0.254 e. The fourth-order valence-electron chi connectivity index (χ4n) is 1.81. The third-order valence-corrected chi connectivity index (χ3v) is 2.96. The maximum Gasteiger partial charge on any atom is 0.254 e. The van der Waals surface area contributed by atoms with E-state index in [9.17, 15) is 13.6 Å². The van der Waals surface area contributed by atoms with Crippen LogP contribution in [0, 0.1) is 11.6 Å². The number of rotatable bonds is 8. The van der Waals surface area contributed by atoms with Crippen molar-refractivity contribution in [3.8, 4) is 0 Å². The summed E-state index contributed by atoms with van der Waals surface area (Å²) in [6.45, 7) is 1.55. The summed E-state index contributed by atoms with van der Waals surface area (Å²) < 4.78 is 36.8. The molecular formula is C14H20F2N2O3. The van der Waals surface area contributed by atoms with Gasteiger partial charge in [0, 0.05) is 39.5 Å². The van der Waals surface area contributed by atoms with Crippen LogP contribution in [0.1, 0.15) is 16.8 Å². The van der Waals surface area contributed by atoms with E-state index in [1.54, 1.807) is 7.11 Å². The maximum absolute atomic E-state index is 13.4. The summed E-state index contributed by atoms with van der Waals surface area (Å²) in [6, 6.07) is 1.88. The molecule has 0 aliphatic rings. The molecule has 1 aromatic carbocycles. The van der Waals surface area contributed by atoms with E-state index in [4.69, 9.17) is 15.2 Å². The number of amides is 1. The van der Waals surface area contributed by atoms with Crippen LogP contribution in [0.4, 0.5) is 14.5 Å². The van der Waals surface area contributed by atoms with Crippen LogP contribution in [-0.4, -0.2) is 51.3 Å². The quantitative estimate of drug-likeness (QED) is 0.586. The van der Waals surface area contributed by atoms with Crippen LogP contribution in [0.25, 0.3) is 0 Å². The standard InChI is InChI=1S/C14H20F2N2O3/c1-20-6-3-4-18(5-7-21-2)14(19)10-8-11(15)13(17)12(16)9-10/h8-9H,3-7,17H2,1-2H3. The van der Waals surface area contributed by atoms with Gasteiger partial charge in [-0.15, -0.1) is 0 Å². The number of nitrogens with two attached hydrogens (primary N) is 1. The molecule has 21 heavy (non-hydrogen) atoms. The molecule has 0 aliphatic heterocycles. The van der Waals surface area contributed by atoms with Gasteiger partial charge in [-0.2, -0.15) is 0 Å². The highest BCUT2D eigenvalue weighted by Crippen LogP contribution is 2.18. The Bertz CT molecular complexity index is 460. The Labute approximate surface area is 122 Å². The van der Waals surface area contributed by atoms with Gasteiger partial charge in [0.1, 0.15) is 17.3 Å². The molecule has 5 nitrogen and oxygen atoms in total. The number of benzene rings is 1. The minimum absolute atomic E-state index is 0.0762. The molecule has 2 N–H and O–H groups in total. The molecule has 118 valence electrons. The number of nitrogens with zero attached hydrogens (tertiary/aromatic N) is 1. The molecule has 0 bridgehead atoms. The Hall–Kier alpha value is -1.73. The third kappa shape index (κ3) is 4.95. The summed E-state index contributed by atoms with van der Waals surface area (Å²) in [5, 5.41) is 0. The second-order valence-electron chi connectivity index (χ2n) is 4.48. The van der Waals surface area contributed by atoms with Crippen LogP contribution < -0.4 is 5.73 Å². The lowest BCUT2D eigenvalue weighted by Gasteiger charge is -2.22. The summed E-state index contributed by atoms with van der Waals surface area (Å²) >= 11 is 0. The number of carbonyl (C=O) groups excluding carboxylic acids is 1. The van der Waals surface area contributed by atoms with Crippen molar-refractivity contribution in [2.75, 3.05) is 46.3 Å². The average molecular weight is 302 g/mol. The minimum Gasteiger partial charge on any atom is -0.394 e. The van der Waals surface area contributed by atoms with Crippen LogP contribution in [0.2, 0.25) is 0 Å². The van der Waals surface area contributed by atoms with Crippen LogP contribution in [0.15, 0.2) is 12.1 Å². The summed E-state index contributed by atoms with van der Waals surface area (Å²) in [7, 11) is 3.08. The van der Waals surface area contributed by atoms with E-state index in [1.165, 1.54) is 12.0 Å². The van der Waals surface area contributed by atoms with Gasteiger partial charge in [0.2, 0.25) is 0 Å². The van der Waals surface area contributed by atoms with Gasteiger partial charge in [-0.1, -0.05) is 0 Å². The lowest BCUT2D eigenvalue weighted by atomic mass is 10.1. The van der Waals surface area contributed by atoms with Crippen molar-refractivity contribution < 1.29 is 23.0 Å². The Balaban J connectivity index is 2.87. The first-order valence-electron chi connectivity index (χ1n) is 6.53. The summed E-state index contributed by atoms with van der Waals surface area (Å²) in [6.07, 6.45) is 0.617. The SMILES string of the molecule is COCCCN(CCOC)C(=O)c1cc(F)c(N)c(F)c1. The molecule has 0 unspecified atom stereocenters. The molecule has 0 aromatic heterocycles. The fourth-order valence-corrected chi connectivity index (χ4v) is 1.81. The molecule has 0 atom stereocenters. The van der Waals surface area contributed by atoms with Gasteiger partial charge < -0.3 is 20.1 Å². The summed E-state index contributed by atoms with van der Waals surface area (Å²) in [5.41, 5.74) is 4.53. The lowest BCUT2D eigenvalue weighted by Crippen LogP contribution is -2.35. The monoisotopic (exact) mass is 302 g/mol. The number of anilines is 1. The van der Waals surface area contributed by atoms with E-state index in [2.05, 4.69) is 0 Å². The fraction of sp³-hybridized carbons (Fsp3) is 0.500. The maximum atomic E-state index is 13.4. The van der Waals surface area contributed by atoms with Gasteiger partial charge in [-0.05, 0) is 18.6 Å². The number of hydrogen-bond acceptors (Lipinski definition) is 4. The first-order chi connectivity index (χ1) is 10.0. The van der Waals surface area contributed by atoms with Crippen molar-refractivity contribution in [3.63, 3.8) is 0 Å². The Morgan fingerprint density at radius 3 is 2.24 bits per heavy atom. The largest absolute Gasteiger partial charge is 0.394 e. The van der Waals surface area contributed by atoms with Crippen molar-refractivity contribution in [1.82, 2.24) is 4.90 Å². The number of nitrogen functional groups attached to an aromatic ring is 1. The highest BCUT2D eigenvalue weighted by molar-refractivity contribution is 5.94. The Kier molecular flexibility index (Phi) is 7.04. The molecule has 1 rings (SSSR count). The number of carbonyl (C=O) groups is 1. The highest BCUT2D eigenvalue weighted by Gasteiger charge is 2.18. The van der Waals surface area contributed by atoms with E-state index >= 15 is 0 Å². The molecule has 0 heterocycles. The van der Waals surface area contributed by atoms with E-state index in [1.807, 2.05) is 0 Å². The molecule has 0 aliphatic carbocycles. The Morgan fingerprint density at radius 1 is 1.14 bits per heavy atom. The first-order valence-corrected chi connectivity index (χ1v) is 6.53. The molecule has 0 spiro atoms. The molecule has 0 radical (unpaired) electrons. The second kappa shape index (κ2) is 8.53. The zero-order valence-corrected chi connectivity index (χ0v) is 12.2. The molecule has 7 heteroatoms. The van der Waals surface area contributed by atoms with Crippen molar-refractivity contribution in [3.05, 3.63) is 29.3 Å². The van der Waals surface area contributed by atoms with Crippen molar-refractivity contribution in [1.29, 1.82) is 0 Å². The molecule has 1 amide bonds. The van der Waals surface area contributed by atoms with Crippen LogP contribution >= 0.6 is 0 Å². The highest BCUT2D eigenvalue weighted by atomic mass is 19.1. The van der Waals surface area contributed by atoms with E-state index < -0.39 is 23.2 Å². The Morgan fingerprint density at radius 2 is 1.71 bits per heavy atom. The minimum atomic E-state index is -0.943. The van der Waals surface area contributed by atoms with Crippen LogP contribution in [0.3, 0.4) is 0 Å². The van der Waals surface area contributed by atoms with Gasteiger partial charge in [-0.3, -0.25) is 4.79 Å². The molecular weight excluding hydrogens is 282 g/mol. The van der Waals surface area contributed by atoms with Gasteiger partial charge in [0.15, 0.2) is 0 Å². The topological polar surface area (TPSA) is 64.8 Å². The summed E-state index contributed by atoms with van der Waals surface area (Å²) in [4.78, 5) is 13.8. The lowest BCUT2D eigenvalue weighted by molar-refractivity contribution is 0.0673. The number of methoxy groups -OCH3 is 2. The van der Waals surface area contributed by atoms with Gasteiger partial charge >= 0.3 is 0 Å². The number of halogens is 2. The van der Waals surface area contributed by atoms with Crippen LogP contribution in [-0.2, 0) is 9.47 Å². The van der Waals surface area contributed by atoms with Gasteiger partial charge in [0.25, 0.3) is 5.91 Å². The predicted molar refractivity (Wildman–Crippen MR) is 75.0 cm³/mol. The van der Waals surface area contributed by atoms with Crippen LogP contribution in [0.5, 0.6) is 0 Å². The van der Waals surface area contributed by atoms with Gasteiger partial charge in [0.05, 0.1) is 6.61 Å². The van der Waals surface area contributed by atoms with E-state index in [0.717, 1.165) is 12.1 Å². The first kappa shape index (κ1) is 17.3. The van der Waals surface area contributed by atoms with E-state index in [-0.39, 0.29) is 5.56 Å². The average Bonchev–Trinajstić information content (AvgIpc) is 2.47. The van der Waals surface area contributed by atoms with Crippen molar-refractivity contribution in [2.45, 2.75) is 6.42 Å². The molecule has 0 saturated carbocycles. The third-order valence-electron chi connectivity index (χ3n) is 2.96. The number of hydrogen-bond donors (Lipinski definition) is 1.